The van der Waals surface area contributed by atoms with Crippen molar-refractivity contribution in [2.75, 3.05) is 11.6 Å². The second-order valence-corrected chi connectivity index (χ2v) is 3.33. The molecule has 0 aliphatic carbocycles. The van der Waals surface area contributed by atoms with Gasteiger partial charge in [0.2, 0.25) is 0 Å². The molecular formula is C11H8F3NO. The first kappa shape index (κ1) is 10.8. The van der Waals surface area contributed by atoms with E-state index in [-0.39, 0.29) is 12.3 Å². The molecule has 0 saturated heterocycles. The van der Waals surface area contributed by atoms with E-state index < -0.39 is 12.3 Å². The van der Waals surface area contributed by atoms with Crippen LogP contribution in [0.5, 0.6) is 0 Å². The van der Waals surface area contributed by atoms with Gasteiger partial charge >= 0.3 is 6.18 Å². The molecule has 1 unspecified atom stereocenters. The summed E-state index contributed by atoms with van der Waals surface area (Å²) in [6.45, 7) is -0.252. The van der Waals surface area contributed by atoms with Crippen LogP contribution in [0.15, 0.2) is 24.3 Å². The molecule has 0 saturated carbocycles. The molecule has 1 aromatic rings. The van der Waals surface area contributed by atoms with Crippen LogP contribution < -0.4 is 4.90 Å². The van der Waals surface area contributed by atoms with Crippen LogP contribution in [-0.4, -0.2) is 12.9 Å². The summed E-state index contributed by atoms with van der Waals surface area (Å²) >= 11 is 0. The predicted molar refractivity (Wildman–Crippen MR) is 52.5 cm³/mol. The van der Waals surface area contributed by atoms with E-state index in [0.717, 1.165) is 0 Å². The number of hydrogen-bond acceptors (Lipinski definition) is 2. The minimum atomic E-state index is -4.42. The lowest BCUT2D eigenvalue weighted by molar-refractivity contribution is -0.225. The monoisotopic (exact) mass is 227 g/mol. The number of hydrogen-bond donors (Lipinski definition) is 0. The van der Waals surface area contributed by atoms with Crippen LogP contribution >= 0.6 is 0 Å². The fraction of sp³-hybridized carbons (Fsp3) is 0.273. The number of terminal acetylenes is 1. The summed E-state index contributed by atoms with van der Waals surface area (Å²) in [5.41, 5.74) is 0.428. The van der Waals surface area contributed by atoms with Crippen LogP contribution in [0.1, 0.15) is 11.7 Å². The van der Waals surface area contributed by atoms with E-state index in [1.165, 1.54) is 17.0 Å². The Hall–Kier alpha value is -1.67. The molecule has 0 radical (unpaired) electrons. The lowest BCUT2D eigenvalue weighted by Gasteiger charge is -2.32. The highest BCUT2D eigenvalue weighted by Crippen LogP contribution is 2.42. The summed E-state index contributed by atoms with van der Waals surface area (Å²) in [7, 11) is 0. The van der Waals surface area contributed by atoms with Gasteiger partial charge in [-0.3, -0.25) is 4.90 Å². The van der Waals surface area contributed by atoms with Crippen molar-refractivity contribution >= 4 is 5.69 Å². The highest BCUT2D eigenvalue weighted by Gasteiger charge is 2.45. The second-order valence-electron chi connectivity index (χ2n) is 3.33. The van der Waals surface area contributed by atoms with Gasteiger partial charge in [-0.1, -0.05) is 24.6 Å². The zero-order chi connectivity index (χ0) is 11.8. The molecule has 0 aromatic heterocycles. The minimum absolute atomic E-state index is 0.0548. The van der Waals surface area contributed by atoms with E-state index >= 15 is 0 Å². The molecule has 0 bridgehead atoms. The number of benzene rings is 1. The van der Waals surface area contributed by atoms with Gasteiger partial charge in [0, 0.05) is 11.6 Å². The molecule has 0 spiro atoms. The van der Waals surface area contributed by atoms with Crippen LogP contribution in [0.2, 0.25) is 0 Å². The molecule has 0 fully saturated rings. The Kier molecular flexibility index (Phi) is 2.52. The summed E-state index contributed by atoms with van der Waals surface area (Å²) < 4.78 is 42.7. The molecule has 2 nitrogen and oxygen atoms in total. The average molecular weight is 227 g/mol. The number of ether oxygens (including phenoxy) is 1. The van der Waals surface area contributed by atoms with Crippen molar-refractivity contribution in [2.45, 2.75) is 12.3 Å². The lowest BCUT2D eigenvalue weighted by atomic mass is 10.0. The Balaban J connectivity index is 2.48. The van der Waals surface area contributed by atoms with Crippen molar-refractivity contribution in [3.05, 3.63) is 29.8 Å². The Morgan fingerprint density at radius 1 is 1.38 bits per heavy atom. The number of rotatable bonds is 0. The van der Waals surface area contributed by atoms with Gasteiger partial charge in [0.1, 0.15) is 6.73 Å². The van der Waals surface area contributed by atoms with Crippen LogP contribution in [-0.2, 0) is 4.74 Å². The minimum Gasteiger partial charge on any atom is -0.343 e. The van der Waals surface area contributed by atoms with Gasteiger partial charge in [0.15, 0.2) is 6.10 Å². The van der Waals surface area contributed by atoms with Crippen molar-refractivity contribution in [3.63, 3.8) is 0 Å². The maximum absolute atomic E-state index is 12.7. The van der Waals surface area contributed by atoms with Crippen LogP contribution in [0.25, 0.3) is 0 Å². The summed E-state index contributed by atoms with van der Waals surface area (Å²) in [5.74, 6) is 0. The van der Waals surface area contributed by atoms with E-state index in [0.29, 0.717) is 5.69 Å². The van der Waals surface area contributed by atoms with Gasteiger partial charge in [-0.15, -0.1) is 0 Å². The third kappa shape index (κ3) is 1.72. The molecule has 1 atom stereocenters. The third-order valence-corrected chi connectivity index (χ3v) is 2.33. The zero-order valence-electron chi connectivity index (χ0n) is 8.16. The van der Waals surface area contributed by atoms with Crippen molar-refractivity contribution in [2.24, 2.45) is 0 Å². The molecule has 1 aromatic carbocycles. The van der Waals surface area contributed by atoms with Crippen molar-refractivity contribution in [1.29, 1.82) is 0 Å². The first-order valence-corrected chi connectivity index (χ1v) is 4.55. The summed E-state index contributed by atoms with van der Waals surface area (Å²) in [4.78, 5) is 1.30. The standard InChI is InChI=1S/C11H8F3NO/c1-2-15-7-16-10(11(12,13)14)8-5-3-4-6-9(8)15/h1,3-6,10H,7H2. The van der Waals surface area contributed by atoms with Gasteiger partial charge in [0.25, 0.3) is 0 Å². The van der Waals surface area contributed by atoms with Gasteiger partial charge < -0.3 is 4.74 Å². The number of halogens is 3. The Morgan fingerprint density at radius 3 is 2.69 bits per heavy atom. The molecule has 84 valence electrons. The summed E-state index contributed by atoms with van der Waals surface area (Å²) in [6.07, 6.45) is -1.13. The van der Waals surface area contributed by atoms with E-state index in [4.69, 9.17) is 11.2 Å². The largest absolute Gasteiger partial charge is 0.419 e. The topological polar surface area (TPSA) is 12.5 Å². The van der Waals surface area contributed by atoms with Crippen LogP contribution in [0.3, 0.4) is 0 Å². The Bertz CT molecular complexity index is 436. The Morgan fingerprint density at radius 2 is 2.06 bits per heavy atom. The molecule has 5 heteroatoms. The quantitative estimate of drug-likeness (QED) is 0.632. The zero-order valence-corrected chi connectivity index (χ0v) is 8.16. The molecule has 0 N–H and O–H groups in total. The highest BCUT2D eigenvalue weighted by molar-refractivity contribution is 5.59. The summed E-state index contributed by atoms with van der Waals surface area (Å²) in [6, 6.07) is 8.37. The van der Waals surface area contributed by atoms with E-state index in [9.17, 15) is 13.2 Å². The maximum atomic E-state index is 12.7. The molecule has 1 aliphatic rings. The predicted octanol–water partition coefficient (Wildman–Crippen LogP) is 2.67. The van der Waals surface area contributed by atoms with Crippen molar-refractivity contribution in [3.8, 4) is 12.5 Å². The SMILES string of the molecule is C#CN1COC(C(F)(F)F)c2ccccc21. The van der Waals surface area contributed by atoms with E-state index in [1.54, 1.807) is 12.1 Å². The molecule has 1 aliphatic heterocycles. The van der Waals surface area contributed by atoms with E-state index in [1.807, 2.05) is 0 Å². The second kappa shape index (κ2) is 3.72. The lowest BCUT2D eigenvalue weighted by Crippen LogP contribution is -2.35. The fourth-order valence-electron chi connectivity index (χ4n) is 1.64. The van der Waals surface area contributed by atoms with E-state index in [2.05, 4.69) is 6.04 Å². The van der Waals surface area contributed by atoms with Crippen molar-refractivity contribution in [1.82, 2.24) is 0 Å². The van der Waals surface area contributed by atoms with Crippen LogP contribution in [0.4, 0.5) is 18.9 Å². The first-order chi connectivity index (χ1) is 7.54. The maximum Gasteiger partial charge on any atom is 0.419 e. The molecular weight excluding hydrogens is 219 g/mol. The van der Waals surface area contributed by atoms with Gasteiger partial charge in [-0.2, -0.15) is 13.2 Å². The number of para-hydroxylation sites is 1. The number of fused-ring (bicyclic) bond motifs is 1. The molecule has 1 heterocycles. The van der Waals surface area contributed by atoms with Gasteiger partial charge in [-0.05, 0) is 6.07 Å². The highest BCUT2D eigenvalue weighted by atomic mass is 19.4. The summed E-state index contributed by atoms with van der Waals surface area (Å²) in [5, 5.41) is 0. The Labute approximate surface area is 90.6 Å². The van der Waals surface area contributed by atoms with Crippen molar-refractivity contribution < 1.29 is 17.9 Å². The first-order valence-electron chi connectivity index (χ1n) is 4.55. The van der Waals surface area contributed by atoms with Gasteiger partial charge in [-0.25, -0.2) is 0 Å². The third-order valence-electron chi connectivity index (χ3n) is 2.33. The molecule has 16 heavy (non-hydrogen) atoms. The molecule has 2 rings (SSSR count). The molecule has 0 amide bonds. The number of nitrogens with zero attached hydrogens (tertiary/aromatic N) is 1. The average Bonchev–Trinajstić information content (AvgIpc) is 2.26. The normalized spacial score (nSPS) is 20.1. The fourth-order valence-corrected chi connectivity index (χ4v) is 1.64. The smallest absolute Gasteiger partial charge is 0.343 e. The number of anilines is 1. The van der Waals surface area contributed by atoms with Gasteiger partial charge in [0.05, 0.1) is 5.69 Å². The van der Waals surface area contributed by atoms with Crippen LogP contribution in [0, 0.1) is 12.5 Å². The number of alkyl halides is 3.